The summed E-state index contributed by atoms with van der Waals surface area (Å²) in [5, 5.41) is 9.77. The molecular formula is C21H28ClN5O5. The summed E-state index contributed by atoms with van der Waals surface area (Å²) in [4.78, 5) is 38.4. The average molecular weight is 466 g/mol. The lowest BCUT2D eigenvalue weighted by Gasteiger charge is -2.34. The molecule has 2 aromatic rings. The van der Waals surface area contributed by atoms with Crippen LogP contribution in [0.25, 0.3) is 11.4 Å². The predicted molar refractivity (Wildman–Crippen MR) is 118 cm³/mol. The standard InChI is InChI=1S/C20H24ClN5O4.CH4O/c1-20(2,3)30-19(28)26-5-6-29-16(10-26)12-7-14(25-17(21)8-12)13-9-15(18(27)22-4)24-11-23-13;1-2/h7-9,11,16H,5-6,10H2,1-4H3,(H,22,27);2H,1H3. The van der Waals surface area contributed by atoms with Crippen LogP contribution in [0.1, 0.15) is 42.9 Å². The van der Waals surface area contributed by atoms with Crippen molar-refractivity contribution in [2.45, 2.75) is 32.5 Å². The molecule has 1 aliphatic heterocycles. The smallest absolute Gasteiger partial charge is 0.410 e. The van der Waals surface area contributed by atoms with Gasteiger partial charge in [-0.25, -0.2) is 19.7 Å². The number of pyridine rings is 1. The van der Waals surface area contributed by atoms with Gasteiger partial charge in [-0.15, -0.1) is 0 Å². The molecule has 1 fully saturated rings. The molecule has 2 aromatic heterocycles. The number of hydrogen-bond donors (Lipinski definition) is 2. The fourth-order valence-corrected chi connectivity index (χ4v) is 3.14. The number of nitrogens with one attached hydrogen (secondary N) is 1. The predicted octanol–water partition coefficient (Wildman–Crippen LogP) is 2.47. The Hall–Kier alpha value is -2.82. The minimum absolute atomic E-state index is 0.218. The molecule has 3 rings (SSSR count). The van der Waals surface area contributed by atoms with Crippen LogP contribution in [0.3, 0.4) is 0 Å². The van der Waals surface area contributed by atoms with Gasteiger partial charge in [0, 0.05) is 20.7 Å². The molecule has 1 aliphatic rings. The third-order valence-electron chi connectivity index (χ3n) is 4.30. The molecular weight excluding hydrogens is 438 g/mol. The van der Waals surface area contributed by atoms with E-state index in [1.54, 1.807) is 17.0 Å². The zero-order chi connectivity index (χ0) is 23.9. The second-order valence-corrected chi connectivity index (χ2v) is 8.15. The minimum atomic E-state index is -0.576. The lowest BCUT2D eigenvalue weighted by atomic mass is 10.1. The summed E-state index contributed by atoms with van der Waals surface area (Å²) in [6, 6.07) is 5.01. The van der Waals surface area contributed by atoms with Crippen LogP contribution >= 0.6 is 11.6 Å². The molecule has 174 valence electrons. The number of hydrogen-bond acceptors (Lipinski definition) is 8. The monoisotopic (exact) mass is 465 g/mol. The highest BCUT2D eigenvalue weighted by Crippen LogP contribution is 2.28. The van der Waals surface area contributed by atoms with Crippen molar-refractivity contribution in [2.24, 2.45) is 0 Å². The Kier molecular flexibility index (Phi) is 8.88. The van der Waals surface area contributed by atoms with E-state index in [-0.39, 0.29) is 22.8 Å². The number of aromatic nitrogens is 3. The Morgan fingerprint density at radius 1 is 1.22 bits per heavy atom. The number of carbonyl (C=O) groups excluding carboxylic acids is 2. The summed E-state index contributed by atoms with van der Waals surface area (Å²) < 4.78 is 11.3. The van der Waals surface area contributed by atoms with Gasteiger partial charge in [0.25, 0.3) is 5.91 Å². The van der Waals surface area contributed by atoms with Gasteiger partial charge in [0.05, 0.1) is 24.5 Å². The van der Waals surface area contributed by atoms with Crippen molar-refractivity contribution in [1.82, 2.24) is 25.2 Å². The number of ether oxygens (including phenoxy) is 2. The van der Waals surface area contributed by atoms with Crippen LogP contribution in [-0.4, -0.2) is 76.4 Å². The summed E-state index contributed by atoms with van der Waals surface area (Å²) in [5.74, 6) is -0.329. The number of morpholine rings is 1. The van der Waals surface area contributed by atoms with Crippen LogP contribution in [0, 0.1) is 0 Å². The van der Waals surface area contributed by atoms with Crippen molar-refractivity contribution in [3.63, 3.8) is 0 Å². The summed E-state index contributed by atoms with van der Waals surface area (Å²) in [6.45, 7) is 6.61. The molecule has 11 heteroatoms. The minimum Gasteiger partial charge on any atom is -0.444 e. The lowest BCUT2D eigenvalue weighted by Crippen LogP contribution is -2.44. The first-order valence-corrected chi connectivity index (χ1v) is 10.3. The molecule has 0 aromatic carbocycles. The van der Waals surface area contributed by atoms with E-state index in [0.717, 1.165) is 12.7 Å². The first-order chi connectivity index (χ1) is 15.2. The fourth-order valence-electron chi connectivity index (χ4n) is 2.93. The normalized spacial score (nSPS) is 16.0. The average Bonchev–Trinajstić information content (AvgIpc) is 2.78. The van der Waals surface area contributed by atoms with Crippen LogP contribution in [-0.2, 0) is 9.47 Å². The highest BCUT2D eigenvalue weighted by atomic mass is 35.5. The molecule has 0 aliphatic carbocycles. The Bertz CT molecular complexity index is 950. The van der Waals surface area contributed by atoms with Gasteiger partial charge < -0.3 is 24.8 Å². The highest BCUT2D eigenvalue weighted by molar-refractivity contribution is 6.29. The SMILES string of the molecule is CNC(=O)c1cc(-c2cc(C3CN(C(=O)OC(C)(C)C)CCO3)cc(Cl)n2)ncn1.CO. The number of nitrogens with zero attached hydrogens (tertiary/aromatic N) is 4. The third-order valence-corrected chi connectivity index (χ3v) is 4.49. The first-order valence-electron chi connectivity index (χ1n) is 9.92. The Morgan fingerprint density at radius 2 is 1.94 bits per heavy atom. The topological polar surface area (TPSA) is 127 Å². The summed E-state index contributed by atoms with van der Waals surface area (Å²) in [7, 11) is 2.52. The molecule has 1 saturated heterocycles. The van der Waals surface area contributed by atoms with Crippen molar-refractivity contribution >= 4 is 23.6 Å². The van der Waals surface area contributed by atoms with Crippen molar-refractivity contribution in [3.8, 4) is 11.4 Å². The number of aliphatic hydroxyl groups excluding tert-OH is 1. The fraction of sp³-hybridized carbons (Fsp3) is 0.476. The maximum absolute atomic E-state index is 12.4. The van der Waals surface area contributed by atoms with Crippen molar-refractivity contribution < 1.29 is 24.2 Å². The quantitative estimate of drug-likeness (QED) is 0.662. The molecule has 1 atom stereocenters. The maximum Gasteiger partial charge on any atom is 0.410 e. The molecule has 0 radical (unpaired) electrons. The number of amides is 2. The molecule has 3 heterocycles. The Balaban J connectivity index is 0.00000176. The second-order valence-electron chi connectivity index (χ2n) is 7.76. The maximum atomic E-state index is 12.4. The van der Waals surface area contributed by atoms with E-state index >= 15 is 0 Å². The van der Waals surface area contributed by atoms with E-state index in [1.807, 2.05) is 20.8 Å². The van der Waals surface area contributed by atoms with Crippen molar-refractivity contribution in [1.29, 1.82) is 0 Å². The third kappa shape index (κ3) is 6.84. The molecule has 2 N–H and O–H groups in total. The molecule has 32 heavy (non-hydrogen) atoms. The van der Waals surface area contributed by atoms with Gasteiger partial charge in [0.15, 0.2) is 0 Å². The van der Waals surface area contributed by atoms with Gasteiger partial charge in [0.2, 0.25) is 0 Å². The zero-order valence-corrected chi connectivity index (χ0v) is 19.5. The van der Waals surface area contributed by atoms with Gasteiger partial charge in [-0.05, 0) is 44.5 Å². The van der Waals surface area contributed by atoms with E-state index in [4.69, 9.17) is 26.2 Å². The van der Waals surface area contributed by atoms with Crippen LogP contribution in [0.5, 0.6) is 0 Å². The van der Waals surface area contributed by atoms with Gasteiger partial charge in [-0.2, -0.15) is 0 Å². The van der Waals surface area contributed by atoms with Gasteiger partial charge in [-0.1, -0.05) is 11.6 Å². The number of halogens is 1. The second kappa shape index (κ2) is 11.2. The molecule has 2 amide bonds. The molecule has 0 bridgehead atoms. The lowest BCUT2D eigenvalue weighted by molar-refractivity contribution is -0.0432. The van der Waals surface area contributed by atoms with Crippen molar-refractivity contribution in [2.75, 3.05) is 33.9 Å². The van der Waals surface area contributed by atoms with Gasteiger partial charge in [0.1, 0.15) is 28.9 Å². The van der Waals surface area contributed by atoms with Gasteiger partial charge >= 0.3 is 6.09 Å². The van der Waals surface area contributed by atoms with E-state index in [2.05, 4.69) is 20.3 Å². The number of carbonyl (C=O) groups is 2. The van der Waals surface area contributed by atoms with E-state index in [0.29, 0.717) is 31.1 Å². The largest absolute Gasteiger partial charge is 0.444 e. The Morgan fingerprint density at radius 3 is 2.59 bits per heavy atom. The summed E-state index contributed by atoms with van der Waals surface area (Å²) in [6.07, 6.45) is 0.511. The first kappa shape index (κ1) is 25.4. The summed E-state index contributed by atoms with van der Waals surface area (Å²) in [5.41, 5.74) is 1.32. The molecule has 10 nitrogen and oxygen atoms in total. The van der Waals surface area contributed by atoms with Crippen LogP contribution in [0.15, 0.2) is 24.5 Å². The molecule has 0 spiro atoms. The highest BCUT2D eigenvalue weighted by Gasteiger charge is 2.29. The Labute approximate surface area is 191 Å². The van der Waals surface area contributed by atoms with E-state index in [1.165, 1.54) is 19.4 Å². The van der Waals surface area contributed by atoms with Crippen LogP contribution in [0.2, 0.25) is 5.15 Å². The molecule has 0 saturated carbocycles. The van der Waals surface area contributed by atoms with E-state index < -0.39 is 11.7 Å². The van der Waals surface area contributed by atoms with Gasteiger partial charge in [-0.3, -0.25) is 4.79 Å². The van der Waals surface area contributed by atoms with Crippen molar-refractivity contribution in [3.05, 3.63) is 40.9 Å². The zero-order valence-electron chi connectivity index (χ0n) is 18.8. The number of aliphatic hydroxyl groups is 1. The van der Waals surface area contributed by atoms with Crippen LogP contribution < -0.4 is 5.32 Å². The number of rotatable bonds is 3. The molecule has 1 unspecified atom stereocenters. The summed E-state index contributed by atoms with van der Waals surface area (Å²) >= 11 is 6.24. The van der Waals surface area contributed by atoms with Crippen LogP contribution in [0.4, 0.5) is 4.79 Å². The van der Waals surface area contributed by atoms with E-state index in [9.17, 15) is 9.59 Å².